The summed E-state index contributed by atoms with van der Waals surface area (Å²) in [6, 6.07) is 39.1. The first-order valence-corrected chi connectivity index (χ1v) is 45.0. The minimum absolute atomic E-state index is 0.0199. The Hall–Kier alpha value is -15.2. The van der Waals surface area contributed by atoms with Crippen molar-refractivity contribution >= 4 is 152 Å². The highest BCUT2D eigenvalue weighted by atomic mass is 16.2. The number of fused-ring (bicyclic) bond motifs is 6. The van der Waals surface area contributed by atoms with E-state index in [4.69, 9.17) is 33.4 Å². The molecule has 2 aromatic heterocycles. The third-order valence-electron chi connectivity index (χ3n) is 22.8. The van der Waals surface area contributed by atoms with Crippen LogP contribution in [0.3, 0.4) is 0 Å². The van der Waals surface area contributed by atoms with Crippen LogP contribution in [0.25, 0.3) is 46.1 Å². The second kappa shape index (κ2) is 51.9. The largest absolute Gasteiger partial charge is 0.370 e. The van der Waals surface area contributed by atoms with Crippen LogP contribution in [0.4, 0.5) is 11.4 Å². The highest BCUT2D eigenvalue weighted by Crippen LogP contribution is 2.32. The van der Waals surface area contributed by atoms with E-state index in [1.807, 2.05) is 176 Å². The number of hydrogen-bond donors (Lipinski definition) is 22. The van der Waals surface area contributed by atoms with Crippen LogP contribution in [0.5, 0.6) is 0 Å². The van der Waals surface area contributed by atoms with Crippen molar-refractivity contribution in [1.82, 2.24) is 84.4 Å². The van der Waals surface area contributed by atoms with Gasteiger partial charge in [0.1, 0.15) is 30.2 Å². The lowest BCUT2D eigenvalue weighted by molar-refractivity contribution is -0.134. The molecule has 704 valence electrons. The number of rotatable bonds is 50. The van der Waals surface area contributed by atoms with Crippen molar-refractivity contribution in [2.75, 3.05) is 68.7 Å². The van der Waals surface area contributed by atoms with Crippen molar-refractivity contribution in [1.29, 1.82) is 16.2 Å². The number of hydrogen-bond acceptors (Lipinski definition) is 16. The molecule has 0 saturated heterocycles. The Balaban J connectivity index is 0.753. The zero-order chi connectivity index (χ0) is 95.0. The fraction of sp³-hybridized carbons (Fsp3) is 0.375. The molecule has 0 spiro atoms. The smallest absolute Gasteiger partial charge is 0.243 e. The maximum absolute atomic E-state index is 15.0. The number of amides is 13. The Morgan fingerprint density at radius 1 is 0.338 bits per heavy atom. The number of carbonyl (C=O) groups excluding carboxylic acids is 13. The topological polar surface area (TPSA) is 578 Å². The van der Waals surface area contributed by atoms with Gasteiger partial charge in [-0.25, -0.2) is 0 Å². The summed E-state index contributed by atoms with van der Waals surface area (Å²) in [6.07, 6.45) is 13.6. The van der Waals surface area contributed by atoms with E-state index >= 15 is 0 Å². The molecular weight excluding hydrogens is 1700 g/mol. The first kappa shape index (κ1) is 100.0. The van der Waals surface area contributed by atoms with E-state index in [1.165, 1.54) is 0 Å². The number of para-hydroxylation sites is 4. The highest BCUT2D eigenvalue weighted by molar-refractivity contribution is 6.02. The van der Waals surface area contributed by atoms with Gasteiger partial charge >= 0.3 is 0 Å². The van der Waals surface area contributed by atoms with Gasteiger partial charge in [0.25, 0.3) is 0 Å². The number of carbonyl (C=O) groups is 13. The van der Waals surface area contributed by atoms with E-state index in [0.29, 0.717) is 37.9 Å². The van der Waals surface area contributed by atoms with Crippen LogP contribution < -0.4 is 101 Å². The summed E-state index contributed by atoms with van der Waals surface area (Å²) >= 11 is 0. The van der Waals surface area contributed by atoms with Gasteiger partial charge in [-0.2, -0.15) is 0 Å². The van der Waals surface area contributed by atoms with E-state index in [9.17, 15) is 62.3 Å². The van der Waals surface area contributed by atoms with Crippen molar-refractivity contribution in [3.8, 4) is 0 Å². The van der Waals surface area contributed by atoms with Gasteiger partial charge in [0.2, 0.25) is 76.8 Å². The molecule has 4 heterocycles. The number of guanidine groups is 3. The molecule has 6 atom stereocenters. The quantitative estimate of drug-likeness (QED) is 0.0143. The molecule has 2 aliphatic rings. The Kier molecular flexibility index (Phi) is 39.0. The second-order valence-corrected chi connectivity index (χ2v) is 32.8. The average molecular weight is 1820 g/mol. The van der Waals surface area contributed by atoms with E-state index in [1.54, 1.807) is 22.9 Å². The van der Waals surface area contributed by atoms with Gasteiger partial charge in [-0.05, 0) is 146 Å². The standard InChI is InChI=1S/C96H122N24O13/c1-61(21-14-16-47-103-81(121)42-44-86(126)119-59-67-26-4-2-22-62(67)38-40-64-24-6-12-36-79(64)119)88(128)116-74(33-18-49-106-94(97)98)89(129)112-56-83(123)111-57-84(124)114-76(35-20-51-108-96(101)102)92(132)118-77(32-15-17-48-104-82(122)43-45-87(127)120-60-68-27-5-3-23-63(68)39-41-65-25-7-13-37-80(65)120)93(133)117-75(34-19-50-107-95(99)100)90(130)113-58-85(125)115-78(53-69-55-110-73-31-11-9-29-71(69)73)91(131)105-52-46-66-54-109-72-30-10-8-28-70(66)72/h2-13,22-31,36-41,54-55,61,74-78,109-110H,14-21,32-35,42-53,56-60H2,1H3,(H,103,121)(H,104,122)(H,105,131)(H,111,123)(H,112,129)(H,113,130)(H,114,124)(H,115,125)(H,116,128)(H,117,133)(H,118,132)(H4,97,98,106)(H4,99,100,107)(H4,101,102,108)/b40-38-,41-39-. The van der Waals surface area contributed by atoms with Crippen LogP contribution in [-0.4, -0.2) is 194 Å². The van der Waals surface area contributed by atoms with Gasteiger partial charge < -0.3 is 111 Å². The number of benzene rings is 6. The van der Waals surface area contributed by atoms with Gasteiger partial charge in [0, 0.05) is 111 Å². The molecule has 0 radical (unpaired) electrons. The Labute approximate surface area is 771 Å². The van der Waals surface area contributed by atoms with Gasteiger partial charge in [-0.1, -0.05) is 159 Å². The van der Waals surface area contributed by atoms with Crippen molar-refractivity contribution in [3.05, 3.63) is 202 Å². The number of nitrogens with two attached hydrogens (primary N) is 3. The van der Waals surface area contributed by atoms with Gasteiger partial charge in [-0.3, -0.25) is 78.6 Å². The molecule has 10 rings (SSSR count). The first-order chi connectivity index (χ1) is 64.2. The molecule has 25 N–H and O–H groups in total. The molecule has 6 aromatic carbocycles. The lowest BCUT2D eigenvalue weighted by Crippen LogP contribution is -2.58. The van der Waals surface area contributed by atoms with Gasteiger partial charge in [-0.15, -0.1) is 0 Å². The van der Waals surface area contributed by atoms with Crippen LogP contribution >= 0.6 is 0 Å². The highest BCUT2D eigenvalue weighted by Gasteiger charge is 2.33. The number of aromatic nitrogens is 2. The van der Waals surface area contributed by atoms with Gasteiger partial charge in [0.15, 0.2) is 17.9 Å². The Morgan fingerprint density at radius 2 is 0.707 bits per heavy atom. The van der Waals surface area contributed by atoms with E-state index in [0.717, 1.165) is 72.0 Å². The molecule has 0 aliphatic carbocycles. The first-order valence-electron chi connectivity index (χ1n) is 45.0. The van der Waals surface area contributed by atoms with E-state index < -0.39 is 121 Å². The van der Waals surface area contributed by atoms with Crippen molar-refractivity contribution in [2.45, 2.75) is 166 Å². The Bertz CT molecular complexity index is 5510. The summed E-state index contributed by atoms with van der Waals surface area (Å²) in [4.78, 5) is 192. The number of nitrogens with one attached hydrogen (secondary N) is 19. The van der Waals surface area contributed by atoms with Crippen LogP contribution in [0.2, 0.25) is 0 Å². The molecule has 13 amide bonds. The summed E-state index contributed by atoms with van der Waals surface area (Å²) in [5.74, 6) is -9.80. The predicted octanol–water partition coefficient (Wildman–Crippen LogP) is 4.32. The third kappa shape index (κ3) is 32.2. The second-order valence-electron chi connectivity index (χ2n) is 32.8. The third-order valence-corrected chi connectivity index (χ3v) is 22.8. The fourth-order valence-corrected chi connectivity index (χ4v) is 15.6. The molecule has 0 saturated carbocycles. The molecule has 0 bridgehead atoms. The maximum Gasteiger partial charge on any atom is 0.243 e. The lowest BCUT2D eigenvalue weighted by atomic mass is 10.0. The van der Waals surface area contributed by atoms with Crippen LogP contribution in [0, 0.1) is 22.1 Å². The van der Waals surface area contributed by atoms with Crippen LogP contribution in [0.15, 0.2) is 158 Å². The number of nitrogens with zero attached hydrogens (tertiary/aromatic N) is 2. The summed E-state index contributed by atoms with van der Waals surface area (Å²) < 4.78 is 0. The molecular formula is C96H122N24O13. The molecule has 37 heteroatoms. The van der Waals surface area contributed by atoms with Crippen LogP contribution in [-0.2, 0) is 88.3 Å². The summed E-state index contributed by atoms with van der Waals surface area (Å²) in [6.45, 7) is 1.02. The predicted molar refractivity (Wildman–Crippen MR) is 511 cm³/mol. The van der Waals surface area contributed by atoms with Crippen molar-refractivity contribution in [3.63, 3.8) is 0 Å². The van der Waals surface area contributed by atoms with E-state index in [2.05, 4.69) is 84.4 Å². The van der Waals surface area contributed by atoms with Crippen LogP contribution in [0.1, 0.15) is 154 Å². The normalized spacial score (nSPS) is 13.6. The monoisotopic (exact) mass is 1820 g/mol. The fourth-order valence-electron chi connectivity index (χ4n) is 15.6. The van der Waals surface area contributed by atoms with E-state index in [-0.39, 0.29) is 165 Å². The molecule has 8 aromatic rings. The summed E-state index contributed by atoms with van der Waals surface area (Å²) in [5, 5.41) is 62.7. The van der Waals surface area contributed by atoms with Gasteiger partial charge in [0.05, 0.1) is 44.1 Å². The minimum atomic E-state index is -1.49. The lowest BCUT2D eigenvalue weighted by Gasteiger charge is -2.27. The maximum atomic E-state index is 15.0. The summed E-state index contributed by atoms with van der Waals surface area (Å²) in [7, 11) is 0. The van der Waals surface area contributed by atoms with Crippen molar-refractivity contribution < 1.29 is 62.3 Å². The zero-order valence-corrected chi connectivity index (χ0v) is 74.7. The Morgan fingerprint density at radius 3 is 1.20 bits per heavy atom. The number of H-pyrrole nitrogens is 2. The summed E-state index contributed by atoms with van der Waals surface area (Å²) in [5.41, 5.74) is 27.1. The molecule has 2 aliphatic heterocycles. The molecule has 133 heavy (non-hydrogen) atoms. The number of aromatic amines is 2. The SMILES string of the molecule is CC(CCCCNC(=O)CCC(=O)N1Cc2ccccc2/C=C\c2ccccc21)C(=O)NC(CCCNC(=N)N)C(=O)NCC(=O)NCC(=O)NC(CCCNC(=N)N)C(=O)NC(CCCCNC(=O)CCC(=O)N1Cc2ccccc2/C=C\c2ccccc21)C(=O)NC(CCCNC(=N)N)C(=O)NCC(=O)NC(Cc1c[nH]c2ccccc12)C(=O)NCCc1c[nH]c2ccccc12. The minimum Gasteiger partial charge on any atom is -0.370 e. The zero-order valence-electron chi connectivity index (χ0n) is 74.7. The molecule has 6 unspecified atom stereocenters. The average Bonchev–Trinajstić information content (AvgIpc) is 1.76. The van der Waals surface area contributed by atoms with Crippen molar-refractivity contribution in [2.24, 2.45) is 23.1 Å². The number of unbranched alkanes of at least 4 members (excludes halogenated alkanes) is 2. The molecule has 37 nitrogen and oxygen atoms in total. The number of anilines is 2. The molecule has 0 fully saturated rings.